The number of nitrogens with zero attached hydrogens (tertiary/aromatic N) is 2. The van der Waals surface area contributed by atoms with Crippen LogP contribution in [0, 0.1) is 13.8 Å². The van der Waals surface area contributed by atoms with Crippen molar-refractivity contribution in [2.45, 2.75) is 20.1 Å². The lowest BCUT2D eigenvalue weighted by Gasteiger charge is -2.31. The first kappa shape index (κ1) is 20.4. The third-order valence-corrected chi connectivity index (χ3v) is 6.07. The molecule has 0 spiro atoms. The normalized spacial score (nSPS) is 17.2. The summed E-state index contributed by atoms with van der Waals surface area (Å²) in [6.07, 6.45) is -0.820. The van der Waals surface area contributed by atoms with Gasteiger partial charge in [0.05, 0.1) is 17.9 Å². The highest BCUT2D eigenvalue weighted by molar-refractivity contribution is 8.14. The van der Waals surface area contributed by atoms with Crippen LogP contribution in [0.15, 0.2) is 42.5 Å². The molecule has 156 valence electrons. The first-order chi connectivity index (χ1) is 14.5. The molecule has 0 N–H and O–H groups in total. The van der Waals surface area contributed by atoms with Crippen LogP contribution in [0.2, 0.25) is 0 Å². The number of carbonyl (C=O) groups is 3. The summed E-state index contributed by atoms with van der Waals surface area (Å²) in [7, 11) is 0. The quantitative estimate of drug-likeness (QED) is 0.704. The fraction of sp³-hybridized carbons (Fsp3) is 0.318. The number of carbonyl (C=O) groups excluding carboxylic acids is 3. The van der Waals surface area contributed by atoms with Crippen LogP contribution in [0.4, 0.5) is 4.79 Å². The smallest absolute Gasteiger partial charge is 0.291 e. The van der Waals surface area contributed by atoms with Gasteiger partial charge in [0.25, 0.3) is 11.1 Å². The average molecular weight is 426 g/mol. The van der Waals surface area contributed by atoms with Crippen LogP contribution in [-0.4, -0.2) is 52.5 Å². The molecule has 1 unspecified atom stereocenters. The molecule has 0 aromatic heterocycles. The Hall–Kier alpha value is -2.84. The highest BCUT2D eigenvalue weighted by Crippen LogP contribution is 2.31. The van der Waals surface area contributed by atoms with Gasteiger partial charge in [0.2, 0.25) is 5.91 Å². The zero-order valence-electron chi connectivity index (χ0n) is 16.8. The van der Waals surface area contributed by atoms with Crippen molar-refractivity contribution in [1.82, 2.24) is 9.80 Å². The van der Waals surface area contributed by atoms with Crippen LogP contribution in [0.1, 0.15) is 33.3 Å². The third kappa shape index (κ3) is 3.93. The molecular weight excluding hydrogens is 404 g/mol. The molecule has 1 saturated heterocycles. The summed E-state index contributed by atoms with van der Waals surface area (Å²) in [6, 6.07) is 12.8. The molecule has 8 heteroatoms. The molecule has 7 nitrogen and oxygen atoms in total. The number of rotatable bonds is 6. The molecule has 0 saturated carbocycles. The number of benzene rings is 2. The minimum absolute atomic E-state index is 0.111. The van der Waals surface area contributed by atoms with Crippen LogP contribution in [-0.2, 0) is 9.53 Å². The van der Waals surface area contributed by atoms with E-state index in [0.717, 1.165) is 27.8 Å². The predicted octanol–water partition coefficient (Wildman–Crippen LogP) is 3.51. The van der Waals surface area contributed by atoms with E-state index >= 15 is 0 Å². The van der Waals surface area contributed by atoms with Crippen LogP contribution in [0.3, 0.4) is 0 Å². The summed E-state index contributed by atoms with van der Waals surface area (Å²) >= 11 is 0.966. The van der Waals surface area contributed by atoms with Crippen LogP contribution in [0.5, 0.6) is 5.75 Å². The Morgan fingerprint density at radius 1 is 1.10 bits per heavy atom. The van der Waals surface area contributed by atoms with E-state index in [1.54, 1.807) is 4.90 Å². The first-order valence-electron chi connectivity index (χ1n) is 9.64. The maximum atomic E-state index is 12.9. The molecule has 0 radical (unpaired) electrons. The summed E-state index contributed by atoms with van der Waals surface area (Å²) in [6.45, 7) is 4.49. The molecule has 1 fully saturated rings. The monoisotopic (exact) mass is 426 g/mol. The van der Waals surface area contributed by atoms with Crippen molar-refractivity contribution < 1.29 is 23.9 Å². The van der Waals surface area contributed by atoms with Crippen LogP contribution >= 0.6 is 11.8 Å². The van der Waals surface area contributed by atoms with E-state index in [1.165, 1.54) is 0 Å². The Bertz CT molecular complexity index is 979. The van der Waals surface area contributed by atoms with Crippen LogP contribution in [0.25, 0.3) is 0 Å². The number of aryl methyl sites for hydroxylation is 2. The zero-order valence-corrected chi connectivity index (χ0v) is 17.6. The Morgan fingerprint density at radius 2 is 1.83 bits per heavy atom. The molecule has 1 atom stereocenters. The lowest BCUT2D eigenvalue weighted by molar-refractivity contribution is -0.136. The van der Waals surface area contributed by atoms with Gasteiger partial charge < -0.3 is 14.4 Å². The summed E-state index contributed by atoms with van der Waals surface area (Å²) < 4.78 is 11.7. The molecule has 2 heterocycles. The van der Waals surface area contributed by atoms with Gasteiger partial charge >= 0.3 is 0 Å². The number of hydrogen-bond acceptors (Lipinski definition) is 6. The minimum atomic E-state index is -0.820. The van der Waals surface area contributed by atoms with Gasteiger partial charge in [0, 0.05) is 12.1 Å². The molecule has 0 bridgehead atoms. The van der Waals surface area contributed by atoms with Gasteiger partial charge in [-0.15, -0.1) is 0 Å². The number of hydrogen-bond donors (Lipinski definition) is 0. The summed E-state index contributed by atoms with van der Waals surface area (Å²) in [5, 5.41) is -0.328. The average Bonchev–Trinajstić information content (AvgIpc) is 3.07. The van der Waals surface area contributed by atoms with Gasteiger partial charge in [0.1, 0.15) is 5.75 Å². The lowest BCUT2D eigenvalue weighted by atomic mass is 10.0. The fourth-order valence-corrected chi connectivity index (χ4v) is 4.14. The number of ether oxygens (including phenoxy) is 2. The van der Waals surface area contributed by atoms with Gasteiger partial charge in [-0.25, -0.2) is 4.90 Å². The Labute approximate surface area is 178 Å². The van der Waals surface area contributed by atoms with E-state index < -0.39 is 6.23 Å². The van der Waals surface area contributed by atoms with Crippen molar-refractivity contribution >= 4 is 28.8 Å². The summed E-state index contributed by atoms with van der Waals surface area (Å²) in [4.78, 5) is 40.0. The highest BCUT2D eigenvalue weighted by Gasteiger charge is 2.37. The van der Waals surface area contributed by atoms with Crippen molar-refractivity contribution in [3.8, 4) is 5.75 Å². The topological polar surface area (TPSA) is 76.2 Å². The van der Waals surface area contributed by atoms with E-state index in [1.807, 2.05) is 56.3 Å². The Morgan fingerprint density at radius 3 is 2.53 bits per heavy atom. The van der Waals surface area contributed by atoms with Crippen LogP contribution < -0.4 is 4.74 Å². The molecule has 4 rings (SSSR count). The largest absolute Gasteiger partial charge is 0.472 e. The number of thioether (sulfide) groups is 1. The van der Waals surface area contributed by atoms with Crippen molar-refractivity contribution in [3.05, 3.63) is 64.7 Å². The maximum Gasteiger partial charge on any atom is 0.291 e. The Balaban J connectivity index is 1.46. The standard InChI is InChI=1S/C22H22N2O5S/c1-14-10-17-18(11-15(14)2)29-13-23(20(17)26)8-9-28-21(16-6-4-3-5-7-16)24-19(25)12-30-22(24)27/h3-7,10-11,21H,8-9,12-13H2,1-2H3. The van der Waals surface area contributed by atoms with Crippen molar-refractivity contribution in [2.75, 3.05) is 25.6 Å². The number of amides is 3. The highest BCUT2D eigenvalue weighted by atomic mass is 32.2. The third-order valence-electron chi connectivity index (χ3n) is 5.23. The molecule has 30 heavy (non-hydrogen) atoms. The molecule has 2 aliphatic rings. The SMILES string of the molecule is Cc1cc2c(cc1C)C(=O)N(CCOC(c1ccccc1)N1C(=O)CSC1=O)CO2. The molecule has 2 aromatic rings. The summed E-state index contributed by atoms with van der Waals surface area (Å²) in [5.41, 5.74) is 3.34. The second-order valence-electron chi connectivity index (χ2n) is 7.23. The molecule has 3 amide bonds. The van der Waals surface area contributed by atoms with Crippen molar-refractivity contribution in [1.29, 1.82) is 0 Å². The second-order valence-corrected chi connectivity index (χ2v) is 8.15. The van der Waals surface area contributed by atoms with Crippen molar-refractivity contribution in [3.63, 3.8) is 0 Å². The van der Waals surface area contributed by atoms with E-state index in [0.29, 0.717) is 16.9 Å². The molecule has 0 aliphatic carbocycles. The number of fused-ring (bicyclic) bond motifs is 1. The van der Waals surface area contributed by atoms with Gasteiger partial charge in [-0.05, 0) is 37.1 Å². The minimum Gasteiger partial charge on any atom is -0.472 e. The Kier molecular flexibility index (Phi) is 5.78. The molecule has 2 aromatic carbocycles. The van der Waals surface area contributed by atoms with E-state index in [4.69, 9.17) is 9.47 Å². The molecule has 2 aliphatic heterocycles. The zero-order chi connectivity index (χ0) is 21.3. The first-order valence-corrected chi connectivity index (χ1v) is 10.6. The van der Waals surface area contributed by atoms with E-state index in [9.17, 15) is 14.4 Å². The fourth-order valence-electron chi connectivity index (χ4n) is 3.42. The van der Waals surface area contributed by atoms with Gasteiger partial charge in [-0.3, -0.25) is 14.4 Å². The number of imide groups is 1. The lowest BCUT2D eigenvalue weighted by Crippen LogP contribution is -2.42. The van der Waals surface area contributed by atoms with Gasteiger partial charge in [-0.2, -0.15) is 0 Å². The van der Waals surface area contributed by atoms with Gasteiger partial charge in [-0.1, -0.05) is 42.1 Å². The predicted molar refractivity (Wildman–Crippen MR) is 112 cm³/mol. The molecular formula is C22H22N2O5S. The van der Waals surface area contributed by atoms with Gasteiger partial charge in [0.15, 0.2) is 13.0 Å². The summed E-state index contributed by atoms with van der Waals surface area (Å²) in [5.74, 6) is 0.298. The maximum absolute atomic E-state index is 12.9. The van der Waals surface area contributed by atoms with E-state index in [2.05, 4.69) is 0 Å². The second kappa shape index (κ2) is 8.49. The van der Waals surface area contributed by atoms with E-state index in [-0.39, 0.29) is 42.7 Å². The van der Waals surface area contributed by atoms with Crippen molar-refractivity contribution in [2.24, 2.45) is 0 Å².